The Morgan fingerprint density at radius 2 is 1.77 bits per heavy atom. The third-order valence-corrected chi connectivity index (χ3v) is 7.32. The first-order valence-electron chi connectivity index (χ1n) is 12.5. The fourth-order valence-electron chi connectivity index (χ4n) is 4.41. The van der Waals surface area contributed by atoms with Crippen LogP contribution in [-0.2, 0) is 16.6 Å². The summed E-state index contributed by atoms with van der Waals surface area (Å²) in [6, 6.07) is 20.3. The molecule has 2 aromatic heterocycles. The molecule has 0 radical (unpaired) electrons. The number of aryl methyl sites for hydroxylation is 1. The van der Waals surface area contributed by atoms with Crippen LogP contribution < -0.4 is 15.6 Å². The molecule has 0 bridgehead atoms. The van der Waals surface area contributed by atoms with Crippen molar-refractivity contribution >= 4 is 49.3 Å². The zero-order valence-corrected chi connectivity index (χ0v) is 22.8. The van der Waals surface area contributed by atoms with Crippen LogP contribution >= 0.6 is 11.3 Å². The fourth-order valence-corrected chi connectivity index (χ4v) is 5.31. The predicted octanol–water partition coefficient (Wildman–Crippen LogP) is 5.71. The molecule has 9 heteroatoms. The summed E-state index contributed by atoms with van der Waals surface area (Å²) in [5.41, 5.74) is 2.86. The van der Waals surface area contributed by atoms with Gasteiger partial charge in [0.1, 0.15) is 11.4 Å². The summed E-state index contributed by atoms with van der Waals surface area (Å²) in [4.78, 5) is 44.1. The topological polar surface area (TPSA) is 99.5 Å². The van der Waals surface area contributed by atoms with E-state index >= 15 is 0 Å². The number of nitrogens with zero attached hydrogens (tertiary/aromatic N) is 2. The van der Waals surface area contributed by atoms with Crippen molar-refractivity contribution in [2.24, 2.45) is 7.05 Å². The van der Waals surface area contributed by atoms with E-state index in [1.54, 1.807) is 12.1 Å². The molecule has 1 unspecified atom stereocenters. The highest BCUT2D eigenvalue weighted by Gasteiger charge is 2.27. The molecule has 39 heavy (non-hydrogen) atoms. The van der Waals surface area contributed by atoms with Crippen LogP contribution in [0.25, 0.3) is 32.1 Å². The van der Waals surface area contributed by atoms with Gasteiger partial charge in [-0.25, -0.2) is 9.78 Å². The minimum absolute atomic E-state index is 0.0747. The highest BCUT2D eigenvalue weighted by molar-refractivity contribution is 7.22. The average molecular weight is 542 g/mol. The summed E-state index contributed by atoms with van der Waals surface area (Å²) < 4.78 is 13.3. The van der Waals surface area contributed by atoms with Crippen LogP contribution in [0.3, 0.4) is 0 Å². The fraction of sp³-hybridized carbons (Fsp3) is 0.200. The zero-order chi connectivity index (χ0) is 27.7. The van der Waals surface area contributed by atoms with Gasteiger partial charge in [-0.3, -0.25) is 14.9 Å². The molecule has 0 saturated heterocycles. The van der Waals surface area contributed by atoms with Gasteiger partial charge in [0, 0.05) is 18.0 Å². The van der Waals surface area contributed by atoms with Gasteiger partial charge >= 0.3 is 5.97 Å². The van der Waals surface area contributed by atoms with Gasteiger partial charge in [0.25, 0.3) is 11.5 Å². The number of aromatic nitrogens is 2. The van der Waals surface area contributed by atoms with Gasteiger partial charge in [0.2, 0.25) is 0 Å². The SMILES string of the molecule is CCOc1ccc2nc(NC(=O)C(C)OC(=O)c3c(-c4ccc(C)cc4)c4ccccc4c(=O)n3C)sc2c1. The van der Waals surface area contributed by atoms with Crippen molar-refractivity contribution in [2.45, 2.75) is 26.9 Å². The maximum atomic E-state index is 13.5. The molecule has 0 fully saturated rings. The summed E-state index contributed by atoms with van der Waals surface area (Å²) in [6.07, 6.45) is -1.14. The van der Waals surface area contributed by atoms with Crippen molar-refractivity contribution in [2.75, 3.05) is 11.9 Å². The van der Waals surface area contributed by atoms with Gasteiger partial charge in [0.05, 0.1) is 16.8 Å². The Balaban J connectivity index is 1.44. The third kappa shape index (κ3) is 5.13. The molecule has 0 aliphatic heterocycles. The van der Waals surface area contributed by atoms with Crippen molar-refractivity contribution in [1.82, 2.24) is 9.55 Å². The van der Waals surface area contributed by atoms with Crippen LogP contribution in [0.2, 0.25) is 0 Å². The molecule has 0 saturated carbocycles. The van der Waals surface area contributed by atoms with Crippen LogP contribution in [-0.4, -0.2) is 34.1 Å². The molecular formula is C30H27N3O5S. The van der Waals surface area contributed by atoms with Gasteiger partial charge in [-0.15, -0.1) is 0 Å². The van der Waals surface area contributed by atoms with Gasteiger partial charge in [0.15, 0.2) is 11.2 Å². The second-order valence-corrected chi connectivity index (χ2v) is 10.1. The number of ether oxygens (including phenoxy) is 2. The van der Waals surface area contributed by atoms with Gasteiger partial charge in [-0.2, -0.15) is 0 Å². The lowest BCUT2D eigenvalue weighted by atomic mass is 9.96. The normalized spacial score (nSPS) is 11.9. The molecule has 2 heterocycles. The largest absolute Gasteiger partial charge is 0.494 e. The summed E-state index contributed by atoms with van der Waals surface area (Å²) in [7, 11) is 1.53. The van der Waals surface area contributed by atoms with E-state index in [1.807, 2.05) is 68.4 Å². The van der Waals surface area contributed by atoms with Crippen LogP contribution in [0.15, 0.2) is 71.5 Å². The molecule has 0 aliphatic rings. The molecule has 198 valence electrons. The van der Waals surface area contributed by atoms with E-state index in [0.717, 1.165) is 27.1 Å². The second kappa shape index (κ2) is 10.7. The number of hydrogen-bond donors (Lipinski definition) is 1. The quantitative estimate of drug-likeness (QED) is 0.265. The average Bonchev–Trinajstić information content (AvgIpc) is 3.32. The second-order valence-electron chi connectivity index (χ2n) is 9.12. The smallest absolute Gasteiger partial charge is 0.356 e. The molecule has 0 aliphatic carbocycles. The lowest BCUT2D eigenvalue weighted by Crippen LogP contribution is -2.32. The Bertz CT molecular complexity index is 1770. The molecule has 1 N–H and O–H groups in total. The van der Waals surface area contributed by atoms with Gasteiger partial charge in [-0.1, -0.05) is 59.4 Å². The van der Waals surface area contributed by atoms with Crippen LogP contribution in [0.5, 0.6) is 5.75 Å². The molecule has 1 amide bonds. The molecular weight excluding hydrogens is 514 g/mol. The first kappa shape index (κ1) is 26.1. The Morgan fingerprint density at radius 3 is 2.49 bits per heavy atom. The molecule has 8 nitrogen and oxygen atoms in total. The number of nitrogens with one attached hydrogen (secondary N) is 1. The standard InChI is InChI=1S/C30H27N3O5S/c1-5-37-20-14-15-23-24(16-20)39-30(31-23)32-27(34)18(3)38-29(36)26-25(19-12-10-17(2)11-13-19)21-8-6-7-9-22(21)28(35)33(26)4/h6-16,18H,5H2,1-4H3,(H,31,32,34). The van der Waals surface area contributed by atoms with Crippen molar-refractivity contribution in [3.05, 3.63) is 88.3 Å². The zero-order valence-electron chi connectivity index (χ0n) is 22.0. The molecule has 5 rings (SSSR count). The number of carbonyl (C=O) groups is 2. The van der Waals surface area contributed by atoms with E-state index in [1.165, 1.54) is 29.9 Å². The maximum Gasteiger partial charge on any atom is 0.356 e. The summed E-state index contributed by atoms with van der Waals surface area (Å²) in [6.45, 7) is 5.91. The Hall–Kier alpha value is -4.50. The first-order valence-corrected chi connectivity index (χ1v) is 13.3. The highest BCUT2D eigenvalue weighted by atomic mass is 32.1. The highest BCUT2D eigenvalue weighted by Crippen LogP contribution is 2.32. The van der Waals surface area contributed by atoms with E-state index in [4.69, 9.17) is 9.47 Å². The number of carbonyl (C=O) groups excluding carboxylic acids is 2. The van der Waals surface area contributed by atoms with Crippen molar-refractivity contribution < 1.29 is 19.1 Å². The molecule has 1 atom stereocenters. The van der Waals surface area contributed by atoms with Gasteiger partial charge in [-0.05, 0) is 56.0 Å². The maximum absolute atomic E-state index is 13.5. The third-order valence-electron chi connectivity index (χ3n) is 6.39. The lowest BCUT2D eigenvalue weighted by Gasteiger charge is -2.19. The van der Waals surface area contributed by atoms with E-state index in [0.29, 0.717) is 28.1 Å². The van der Waals surface area contributed by atoms with Crippen molar-refractivity contribution in [1.29, 1.82) is 0 Å². The number of esters is 1. The monoisotopic (exact) mass is 541 g/mol. The number of anilines is 1. The van der Waals surface area contributed by atoms with Crippen LogP contribution in [0.4, 0.5) is 5.13 Å². The summed E-state index contributed by atoms with van der Waals surface area (Å²) >= 11 is 1.30. The molecule has 3 aromatic carbocycles. The van der Waals surface area contributed by atoms with Crippen LogP contribution in [0.1, 0.15) is 29.9 Å². The number of rotatable bonds is 7. The number of amides is 1. The summed E-state index contributed by atoms with van der Waals surface area (Å²) in [5.74, 6) is -0.585. The minimum Gasteiger partial charge on any atom is -0.494 e. The van der Waals surface area contributed by atoms with E-state index < -0.39 is 18.0 Å². The van der Waals surface area contributed by atoms with E-state index in [2.05, 4.69) is 10.3 Å². The number of pyridine rings is 1. The van der Waals surface area contributed by atoms with E-state index in [9.17, 15) is 14.4 Å². The molecule has 0 spiro atoms. The van der Waals surface area contributed by atoms with E-state index in [-0.39, 0.29) is 11.3 Å². The number of fused-ring (bicyclic) bond motifs is 2. The number of benzene rings is 3. The Labute approximate surface area is 228 Å². The van der Waals surface area contributed by atoms with Crippen molar-refractivity contribution in [3.8, 4) is 16.9 Å². The number of thiazole rings is 1. The summed E-state index contributed by atoms with van der Waals surface area (Å²) in [5, 5.41) is 4.23. The van der Waals surface area contributed by atoms with Crippen molar-refractivity contribution in [3.63, 3.8) is 0 Å². The molecule has 5 aromatic rings. The van der Waals surface area contributed by atoms with Crippen LogP contribution in [0, 0.1) is 6.92 Å². The predicted molar refractivity (Wildman–Crippen MR) is 154 cm³/mol. The van der Waals surface area contributed by atoms with Gasteiger partial charge < -0.3 is 14.0 Å². The first-order chi connectivity index (χ1) is 18.8. The number of hydrogen-bond acceptors (Lipinski definition) is 7. The lowest BCUT2D eigenvalue weighted by molar-refractivity contribution is -0.123. The Kier molecular flexibility index (Phi) is 7.17. The Morgan fingerprint density at radius 1 is 1.05 bits per heavy atom. The minimum atomic E-state index is -1.14.